The van der Waals surface area contributed by atoms with E-state index < -0.39 is 0 Å². The van der Waals surface area contributed by atoms with E-state index in [-0.39, 0.29) is 11.8 Å². The van der Waals surface area contributed by atoms with Crippen molar-refractivity contribution in [1.29, 1.82) is 0 Å². The second-order valence-electron chi connectivity index (χ2n) is 4.89. The molecule has 0 aromatic carbocycles. The van der Waals surface area contributed by atoms with Gasteiger partial charge in [-0.15, -0.1) is 5.10 Å². The highest BCUT2D eigenvalue weighted by molar-refractivity contribution is 5.79. The molecule has 2 unspecified atom stereocenters. The van der Waals surface area contributed by atoms with Gasteiger partial charge in [0.1, 0.15) is 0 Å². The van der Waals surface area contributed by atoms with Gasteiger partial charge in [-0.05, 0) is 31.8 Å². The van der Waals surface area contributed by atoms with Crippen LogP contribution in [0.3, 0.4) is 0 Å². The number of aryl methyl sites for hydroxylation is 1. The average Bonchev–Trinajstić information content (AvgIpc) is 2.88. The molecule has 1 aromatic heterocycles. The first kappa shape index (κ1) is 13.0. The van der Waals surface area contributed by atoms with Crippen molar-refractivity contribution in [2.45, 2.75) is 26.3 Å². The summed E-state index contributed by atoms with van der Waals surface area (Å²) >= 11 is 0. The summed E-state index contributed by atoms with van der Waals surface area (Å²) in [6.07, 6.45) is 5.32. The molecular weight excluding hydrogens is 230 g/mol. The normalized spacial score (nSPS) is 23.8. The Morgan fingerprint density at radius 1 is 1.61 bits per heavy atom. The van der Waals surface area contributed by atoms with Crippen molar-refractivity contribution in [3.63, 3.8) is 0 Å². The third-order valence-electron chi connectivity index (χ3n) is 3.46. The largest absolute Gasteiger partial charge is 0.356 e. The molecule has 6 heteroatoms. The number of rotatable bonds is 5. The van der Waals surface area contributed by atoms with Crippen LogP contribution in [0.2, 0.25) is 0 Å². The Hall–Kier alpha value is -1.43. The molecule has 2 heterocycles. The van der Waals surface area contributed by atoms with Crippen molar-refractivity contribution >= 4 is 5.91 Å². The lowest BCUT2D eigenvalue weighted by Crippen LogP contribution is -2.43. The Bertz CT molecular complexity index is 365. The summed E-state index contributed by atoms with van der Waals surface area (Å²) in [5.41, 5.74) is 0. The average molecular weight is 251 g/mol. The van der Waals surface area contributed by atoms with E-state index in [1.165, 1.54) is 0 Å². The zero-order valence-corrected chi connectivity index (χ0v) is 10.8. The number of aromatic nitrogens is 3. The second kappa shape index (κ2) is 6.49. The third-order valence-corrected chi connectivity index (χ3v) is 3.46. The summed E-state index contributed by atoms with van der Waals surface area (Å²) < 4.78 is 1.78. The molecule has 2 N–H and O–H groups in total. The fourth-order valence-corrected chi connectivity index (χ4v) is 2.34. The molecule has 1 aliphatic rings. The van der Waals surface area contributed by atoms with Crippen LogP contribution in [-0.4, -0.2) is 40.5 Å². The minimum Gasteiger partial charge on any atom is -0.356 e. The maximum absolute atomic E-state index is 12.0. The molecule has 1 fully saturated rings. The molecular formula is C12H21N5O. The van der Waals surface area contributed by atoms with Gasteiger partial charge in [0, 0.05) is 25.2 Å². The van der Waals surface area contributed by atoms with Gasteiger partial charge in [0.25, 0.3) is 0 Å². The molecule has 1 aromatic rings. The van der Waals surface area contributed by atoms with Crippen molar-refractivity contribution in [3.05, 3.63) is 12.4 Å². The number of carbonyl (C=O) groups excluding carboxylic acids is 1. The van der Waals surface area contributed by atoms with Crippen molar-refractivity contribution in [1.82, 2.24) is 25.6 Å². The number of nitrogens with zero attached hydrogens (tertiary/aromatic N) is 3. The SMILES string of the molecule is CC1CNCCC1C(=O)NCCCn1ccnn1. The van der Waals surface area contributed by atoms with Crippen molar-refractivity contribution in [2.24, 2.45) is 11.8 Å². The van der Waals surface area contributed by atoms with Gasteiger partial charge < -0.3 is 10.6 Å². The van der Waals surface area contributed by atoms with E-state index in [1.807, 2.05) is 6.20 Å². The molecule has 0 spiro atoms. The maximum Gasteiger partial charge on any atom is 0.223 e. The topological polar surface area (TPSA) is 71.8 Å². The highest BCUT2D eigenvalue weighted by Gasteiger charge is 2.26. The summed E-state index contributed by atoms with van der Waals surface area (Å²) in [6.45, 7) is 5.52. The van der Waals surface area contributed by atoms with Crippen molar-refractivity contribution in [3.8, 4) is 0 Å². The Kier molecular flexibility index (Phi) is 4.69. The Balaban J connectivity index is 1.65. The zero-order chi connectivity index (χ0) is 12.8. The Labute approximate surface area is 107 Å². The van der Waals surface area contributed by atoms with Crippen LogP contribution in [0.15, 0.2) is 12.4 Å². The summed E-state index contributed by atoms with van der Waals surface area (Å²) in [6, 6.07) is 0. The predicted octanol–water partition coefficient (Wildman–Crippen LogP) is 0.0300. The number of hydrogen-bond donors (Lipinski definition) is 2. The van der Waals surface area contributed by atoms with Crippen LogP contribution in [0.4, 0.5) is 0 Å². The molecule has 6 nitrogen and oxygen atoms in total. The Morgan fingerprint density at radius 3 is 3.22 bits per heavy atom. The standard InChI is InChI=1S/C12H21N5O/c1-10-9-13-5-3-11(10)12(18)14-4-2-7-17-8-6-15-16-17/h6,8,10-11,13H,2-5,7,9H2,1H3,(H,14,18). The fourth-order valence-electron chi connectivity index (χ4n) is 2.34. The summed E-state index contributed by atoms with van der Waals surface area (Å²) in [7, 11) is 0. The van der Waals surface area contributed by atoms with Gasteiger partial charge in [0.2, 0.25) is 5.91 Å². The highest BCUT2D eigenvalue weighted by atomic mass is 16.1. The molecule has 0 radical (unpaired) electrons. The van der Waals surface area contributed by atoms with Gasteiger partial charge in [0.15, 0.2) is 0 Å². The van der Waals surface area contributed by atoms with E-state index in [4.69, 9.17) is 0 Å². The van der Waals surface area contributed by atoms with Crippen LogP contribution in [0.5, 0.6) is 0 Å². The molecule has 18 heavy (non-hydrogen) atoms. The van der Waals surface area contributed by atoms with E-state index in [0.29, 0.717) is 12.5 Å². The summed E-state index contributed by atoms with van der Waals surface area (Å²) in [5, 5.41) is 13.9. The van der Waals surface area contributed by atoms with Gasteiger partial charge >= 0.3 is 0 Å². The van der Waals surface area contributed by atoms with Crippen molar-refractivity contribution in [2.75, 3.05) is 19.6 Å². The van der Waals surface area contributed by atoms with Crippen LogP contribution < -0.4 is 10.6 Å². The van der Waals surface area contributed by atoms with E-state index in [2.05, 4.69) is 27.9 Å². The van der Waals surface area contributed by atoms with E-state index in [1.54, 1.807) is 10.9 Å². The Morgan fingerprint density at radius 2 is 2.50 bits per heavy atom. The molecule has 0 bridgehead atoms. The van der Waals surface area contributed by atoms with Crippen molar-refractivity contribution < 1.29 is 4.79 Å². The number of amides is 1. The molecule has 1 saturated heterocycles. The lowest BCUT2D eigenvalue weighted by molar-refractivity contribution is -0.127. The molecule has 0 saturated carbocycles. The fraction of sp³-hybridized carbons (Fsp3) is 0.750. The summed E-state index contributed by atoms with van der Waals surface area (Å²) in [5.74, 6) is 0.786. The highest BCUT2D eigenvalue weighted by Crippen LogP contribution is 2.18. The molecule has 1 amide bonds. The van der Waals surface area contributed by atoms with Gasteiger partial charge in [-0.1, -0.05) is 12.1 Å². The van der Waals surface area contributed by atoms with E-state index >= 15 is 0 Å². The first-order valence-corrected chi connectivity index (χ1v) is 6.60. The van der Waals surface area contributed by atoms with Gasteiger partial charge in [-0.3, -0.25) is 9.48 Å². The number of nitrogens with one attached hydrogen (secondary N) is 2. The monoisotopic (exact) mass is 251 g/mol. The lowest BCUT2D eigenvalue weighted by atomic mass is 9.87. The first-order valence-electron chi connectivity index (χ1n) is 6.60. The molecule has 0 aliphatic carbocycles. The zero-order valence-electron chi connectivity index (χ0n) is 10.8. The van der Waals surface area contributed by atoms with Crippen LogP contribution in [0, 0.1) is 11.8 Å². The van der Waals surface area contributed by atoms with Gasteiger partial charge in [-0.25, -0.2) is 0 Å². The van der Waals surface area contributed by atoms with Crippen LogP contribution in [-0.2, 0) is 11.3 Å². The number of piperidine rings is 1. The predicted molar refractivity (Wildman–Crippen MR) is 67.8 cm³/mol. The van der Waals surface area contributed by atoms with Crippen LogP contribution in [0.1, 0.15) is 19.8 Å². The van der Waals surface area contributed by atoms with E-state index in [9.17, 15) is 4.79 Å². The minimum absolute atomic E-state index is 0.164. The van der Waals surface area contributed by atoms with Crippen LogP contribution >= 0.6 is 0 Å². The van der Waals surface area contributed by atoms with Crippen LogP contribution in [0.25, 0.3) is 0 Å². The quantitative estimate of drug-likeness (QED) is 0.724. The van der Waals surface area contributed by atoms with Gasteiger partial charge in [0.05, 0.1) is 6.20 Å². The first-order chi connectivity index (χ1) is 8.77. The smallest absolute Gasteiger partial charge is 0.223 e. The third kappa shape index (κ3) is 3.53. The van der Waals surface area contributed by atoms with Gasteiger partial charge in [-0.2, -0.15) is 0 Å². The minimum atomic E-state index is 0.164. The molecule has 2 atom stereocenters. The number of carbonyl (C=O) groups is 1. The second-order valence-corrected chi connectivity index (χ2v) is 4.89. The molecule has 1 aliphatic heterocycles. The maximum atomic E-state index is 12.0. The lowest BCUT2D eigenvalue weighted by Gasteiger charge is -2.28. The summed E-state index contributed by atoms with van der Waals surface area (Å²) in [4.78, 5) is 12.0. The number of hydrogen-bond acceptors (Lipinski definition) is 4. The molecule has 2 rings (SSSR count). The van der Waals surface area contributed by atoms with E-state index in [0.717, 1.165) is 32.5 Å². The molecule has 100 valence electrons.